The van der Waals surface area contributed by atoms with Crippen LogP contribution in [-0.4, -0.2) is 38.8 Å². The largest absolute Gasteiger partial charge is 0.502 e. The van der Waals surface area contributed by atoms with Crippen molar-refractivity contribution >= 4 is 23.7 Å². The number of thioether (sulfide) groups is 1. The number of hydrogen-bond donors (Lipinski definition) is 3. The van der Waals surface area contributed by atoms with Crippen molar-refractivity contribution in [3.05, 3.63) is 28.3 Å². The van der Waals surface area contributed by atoms with Gasteiger partial charge in [-0.2, -0.15) is 0 Å². The summed E-state index contributed by atoms with van der Waals surface area (Å²) in [7, 11) is 0. The molecule has 2 atom stereocenters. The second-order valence-corrected chi connectivity index (χ2v) is 5.99. The fourth-order valence-corrected chi connectivity index (χ4v) is 2.84. The molecule has 0 spiro atoms. The first-order chi connectivity index (χ1) is 9.82. The average molecular weight is 315 g/mol. The van der Waals surface area contributed by atoms with Crippen LogP contribution in [0.25, 0.3) is 0 Å². The molecule has 1 aliphatic heterocycles. The van der Waals surface area contributed by atoms with Gasteiger partial charge in [-0.3, -0.25) is 14.9 Å². The summed E-state index contributed by atoms with van der Waals surface area (Å²) in [6.07, 6.45) is 0.857. The summed E-state index contributed by atoms with van der Waals surface area (Å²) >= 11 is 1.13. The third-order valence-electron chi connectivity index (χ3n) is 2.89. The van der Waals surface area contributed by atoms with Crippen molar-refractivity contribution in [2.24, 2.45) is 0 Å². The molecule has 1 aromatic heterocycles. The molecule has 9 heteroatoms. The number of ether oxygens (including phenoxy) is 1. The lowest BCUT2D eigenvalue weighted by atomic mass is 10.2. The number of esters is 1. The van der Waals surface area contributed by atoms with E-state index < -0.39 is 34.0 Å². The van der Waals surface area contributed by atoms with Gasteiger partial charge in [0.25, 0.3) is 0 Å². The lowest BCUT2D eigenvalue weighted by Gasteiger charge is -2.21. The first-order valence-electron chi connectivity index (χ1n) is 5.94. The summed E-state index contributed by atoms with van der Waals surface area (Å²) in [5, 5.41) is 20.6. The number of aliphatic carboxylic acids is 1. The highest BCUT2D eigenvalue weighted by Crippen LogP contribution is 2.31. The minimum absolute atomic E-state index is 0.0764. The molecule has 0 saturated carbocycles. The molecule has 1 saturated heterocycles. The average Bonchev–Trinajstić information content (AvgIpc) is 2.84. The maximum atomic E-state index is 12.0. The van der Waals surface area contributed by atoms with E-state index in [0.717, 1.165) is 24.1 Å². The minimum Gasteiger partial charge on any atom is -0.502 e. The third kappa shape index (κ3) is 3.37. The normalized spacial score (nSPS) is 24.7. The maximum Gasteiger partial charge on any atom is 0.337 e. The summed E-state index contributed by atoms with van der Waals surface area (Å²) in [5.41, 5.74) is -0.641. The molecule has 2 rings (SSSR count). The third-order valence-corrected chi connectivity index (χ3v) is 4.25. The standard InChI is InChI=1S/C12H13NO7S/c1-12(13-7(5-21-12)10(16)17)11(18)20-3-6-2-8(14)9(15)4-19-6/h2,4,7,13,15H,3,5H2,1H3,(H,16,17). The van der Waals surface area contributed by atoms with Gasteiger partial charge in [0.05, 0.1) is 0 Å². The van der Waals surface area contributed by atoms with Gasteiger partial charge in [-0.1, -0.05) is 0 Å². The quantitative estimate of drug-likeness (QED) is 0.652. The van der Waals surface area contributed by atoms with Crippen LogP contribution < -0.4 is 10.7 Å². The zero-order valence-electron chi connectivity index (χ0n) is 11.0. The Balaban J connectivity index is 1.97. The van der Waals surface area contributed by atoms with E-state index in [2.05, 4.69) is 5.32 Å². The Labute approximate surface area is 123 Å². The number of carboxylic acids is 1. The van der Waals surface area contributed by atoms with Crippen LogP contribution in [0.15, 0.2) is 21.5 Å². The Hall–Kier alpha value is -2.00. The first kappa shape index (κ1) is 15.4. The highest BCUT2D eigenvalue weighted by Gasteiger charge is 2.45. The fraction of sp³-hybridized carbons (Fsp3) is 0.417. The van der Waals surface area contributed by atoms with Gasteiger partial charge in [0.2, 0.25) is 5.43 Å². The smallest absolute Gasteiger partial charge is 0.337 e. The van der Waals surface area contributed by atoms with Gasteiger partial charge in [0.15, 0.2) is 10.6 Å². The number of carbonyl (C=O) groups excluding carboxylic acids is 1. The predicted octanol–water partition coefficient (Wildman–Crippen LogP) is -0.106. The zero-order chi connectivity index (χ0) is 15.6. The lowest BCUT2D eigenvalue weighted by molar-refractivity contribution is -0.149. The molecule has 0 aliphatic carbocycles. The van der Waals surface area contributed by atoms with Crippen LogP contribution in [-0.2, 0) is 20.9 Å². The summed E-state index contributed by atoms with van der Waals surface area (Å²) in [4.78, 5) is 32.9. The number of aromatic hydroxyl groups is 1. The molecule has 8 nitrogen and oxygen atoms in total. The van der Waals surface area contributed by atoms with Gasteiger partial charge in [-0.25, -0.2) is 4.79 Å². The molecule has 1 aliphatic rings. The Morgan fingerprint density at radius 3 is 2.90 bits per heavy atom. The molecule has 2 unspecified atom stereocenters. The van der Waals surface area contributed by atoms with Crippen LogP contribution in [0.3, 0.4) is 0 Å². The molecule has 114 valence electrons. The van der Waals surface area contributed by atoms with E-state index in [4.69, 9.17) is 19.4 Å². The van der Waals surface area contributed by atoms with E-state index in [-0.39, 0.29) is 18.1 Å². The lowest BCUT2D eigenvalue weighted by Crippen LogP contribution is -2.49. The van der Waals surface area contributed by atoms with Crippen LogP contribution in [0.2, 0.25) is 0 Å². The molecule has 0 amide bonds. The molecule has 1 aromatic rings. The Morgan fingerprint density at radius 1 is 1.62 bits per heavy atom. The topological polar surface area (TPSA) is 126 Å². The Morgan fingerprint density at radius 2 is 2.33 bits per heavy atom. The summed E-state index contributed by atoms with van der Waals surface area (Å²) in [6.45, 7) is 1.24. The fourth-order valence-electron chi connectivity index (χ4n) is 1.71. The van der Waals surface area contributed by atoms with Gasteiger partial charge >= 0.3 is 11.9 Å². The summed E-state index contributed by atoms with van der Waals surface area (Å²) in [6, 6.07) is 0.194. The van der Waals surface area contributed by atoms with Crippen molar-refractivity contribution in [3.8, 4) is 5.75 Å². The molecule has 2 heterocycles. The van der Waals surface area contributed by atoms with Crippen molar-refractivity contribution < 1.29 is 29.0 Å². The van der Waals surface area contributed by atoms with Gasteiger partial charge < -0.3 is 19.4 Å². The van der Waals surface area contributed by atoms with E-state index in [1.165, 1.54) is 6.92 Å². The van der Waals surface area contributed by atoms with Gasteiger partial charge in [-0.05, 0) is 6.92 Å². The van der Waals surface area contributed by atoms with Crippen molar-refractivity contribution in [2.75, 3.05) is 5.75 Å². The summed E-state index contributed by atoms with van der Waals surface area (Å²) < 4.78 is 9.90. The number of hydrogen-bond acceptors (Lipinski definition) is 8. The molecular formula is C12H13NO7S. The van der Waals surface area contributed by atoms with Gasteiger partial charge in [-0.15, -0.1) is 11.8 Å². The van der Waals surface area contributed by atoms with Gasteiger partial charge in [0.1, 0.15) is 24.7 Å². The number of rotatable bonds is 4. The van der Waals surface area contributed by atoms with Crippen molar-refractivity contribution in [1.82, 2.24) is 5.32 Å². The van der Waals surface area contributed by atoms with E-state index in [1.807, 2.05) is 0 Å². The van der Waals surface area contributed by atoms with E-state index >= 15 is 0 Å². The van der Waals surface area contributed by atoms with E-state index in [1.54, 1.807) is 0 Å². The minimum atomic E-state index is -1.17. The van der Waals surface area contributed by atoms with Crippen molar-refractivity contribution in [1.29, 1.82) is 0 Å². The number of carbonyl (C=O) groups is 2. The highest BCUT2D eigenvalue weighted by molar-refractivity contribution is 8.01. The Bertz CT molecular complexity index is 628. The predicted molar refractivity (Wildman–Crippen MR) is 71.9 cm³/mol. The summed E-state index contributed by atoms with van der Waals surface area (Å²) in [5.74, 6) is -1.91. The molecule has 3 N–H and O–H groups in total. The molecule has 21 heavy (non-hydrogen) atoms. The zero-order valence-corrected chi connectivity index (χ0v) is 11.8. The molecule has 0 radical (unpaired) electrons. The van der Waals surface area contributed by atoms with Gasteiger partial charge in [0, 0.05) is 11.8 Å². The second kappa shape index (κ2) is 5.78. The first-order valence-corrected chi connectivity index (χ1v) is 6.93. The number of carboxylic acid groups (broad SMARTS) is 1. The number of nitrogens with one attached hydrogen (secondary N) is 1. The van der Waals surface area contributed by atoms with Crippen LogP contribution >= 0.6 is 11.8 Å². The van der Waals surface area contributed by atoms with Crippen LogP contribution in [0, 0.1) is 0 Å². The van der Waals surface area contributed by atoms with E-state index in [9.17, 15) is 14.4 Å². The monoisotopic (exact) mass is 315 g/mol. The molecule has 0 bridgehead atoms. The van der Waals surface area contributed by atoms with Crippen molar-refractivity contribution in [3.63, 3.8) is 0 Å². The van der Waals surface area contributed by atoms with Crippen LogP contribution in [0.1, 0.15) is 12.7 Å². The maximum absolute atomic E-state index is 12.0. The molecule has 1 fully saturated rings. The molecular weight excluding hydrogens is 302 g/mol. The highest BCUT2D eigenvalue weighted by atomic mass is 32.2. The molecule has 0 aromatic carbocycles. The SMILES string of the molecule is CC1(C(=O)OCc2cc(=O)c(O)co2)NC(C(=O)O)CS1. The second-order valence-electron chi connectivity index (χ2n) is 4.55. The van der Waals surface area contributed by atoms with Crippen LogP contribution in [0.4, 0.5) is 0 Å². The van der Waals surface area contributed by atoms with Crippen molar-refractivity contribution in [2.45, 2.75) is 24.4 Å². The van der Waals surface area contributed by atoms with Crippen LogP contribution in [0.5, 0.6) is 5.75 Å². The van der Waals surface area contributed by atoms with E-state index in [0.29, 0.717) is 0 Å². The Kier molecular flexibility index (Phi) is 4.24.